The van der Waals surface area contributed by atoms with Gasteiger partial charge in [-0.1, -0.05) is 26.7 Å². The van der Waals surface area contributed by atoms with Crippen LogP contribution in [0.3, 0.4) is 0 Å². The van der Waals surface area contributed by atoms with E-state index in [1.54, 1.807) is 0 Å². The van der Waals surface area contributed by atoms with Crippen LogP contribution in [-0.2, 0) is 4.79 Å². The van der Waals surface area contributed by atoms with Gasteiger partial charge in [-0.05, 0) is 32.7 Å². The van der Waals surface area contributed by atoms with Crippen molar-refractivity contribution in [3.8, 4) is 0 Å². The van der Waals surface area contributed by atoms with E-state index in [1.165, 1.54) is 25.7 Å². The Morgan fingerprint density at radius 2 is 2.00 bits per heavy atom. The molecule has 0 radical (unpaired) electrons. The highest BCUT2D eigenvalue weighted by molar-refractivity contribution is 5.83. The summed E-state index contributed by atoms with van der Waals surface area (Å²) in [4.78, 5) is 14.0. The molecule has 0 heterocycles. The molecule has 15 heavy (non-hydrogen) atoms. The fourth-order valence-electron chi connectivity index (χ4n) is 2.71. The van der Waals surface area contributed by atoms with E-state index in [-0.39, 0.29) is 6.04 Å². The Balaban J connectivity index is 2.57. The third kappa shape index (κ3) is 3.04. The molecule has 1 aliphatic rings. The fourth-order valence-corrected chi connectivity index (χ4v) is 2.71. The molecule has 1 aliphatic carbocycles. The number of carbonyl (C=O) groups is 1. The molecule has 3 atom stereocenters. The maximum absolute atomic E-state index is 11.7. The average molecular weight is 211 g/mol. The van der Waals surface area contributed by atoms with Gasteiger partial charge in [-0.25, -0.2) is 0 Å². The van der Waals surface area contributed by atoms with Crippen LogP contribution in [-0.4, -0.2) is 29.8 Å². The summed E-state index contributed by atoms with van der Waals surface area (Å²) in [6.07, 6.45) is 5.93. The molecule has 0 aliphatic heterocycles. The van der Waals surface area contributed by atoms with Crippen molar-refractivity contribution in [2.24, 2.45) is 5.92 Å². The second kappa shape index (κ2) is 5.64. The Labute approximate surface area is 94.0 Å². The van der Waals surface area contributed by atoms with Crippen LogP contribution in [0.5, 0.6) is 0 Å². The smallest absolute Gasteiger partial charge is 0.149 e. The van der Waals surface area contributed by atoms with Gasteiger partial charge in [-0.2, -0.15) is 0 Å². The van der Waals surface area contributed by atoms with Crippen molar-refractivity contribution in [3.05, 3.63) is 0 Å². The summed E-state index contributed by atoms with van der Waals surface area (Å²) in [5, 5.41) is 0. The Morgan fingerprint density at radius 1 is 1.40 bits per heavy atom. The lowest BCUT2D eigenvalue weighted by Crippen LogP contribution is -2.46. The molecule has 3 unspecified atom stereocenters. The number of rotatable bonds is 4. The first kappa shape index (κ1) is 12.7. The molecule has 0 spiro atoms. The third-order valence-electron chi connectivity index (χ3n) is 4.01. The Hall–Kier alpha value is -0.370. The molecule has 0 aromatic heterocycles. The standard InChI is InChI=1S/C13H25NO/c1-5-13(15)11(3)14(4)12-9-7-6-8-10(12)2/h10-12H,5-9H2,1-4H3. The highest BCUT2D eigenvalue weighted by Crippen LogP contribution is 2.28. The average Bonchev–Trinajstić information content (AvgIpc) is 2.26. The first-order valence-corrected chi connectivity index (χ1v) is 6.32. The highest BCUT2D eigenvalue weighted by atomic mass is 16.1. The van der Waals surface area contributed by atoms with Gasteiger partial charge in [-0.3, -0.25) is 9.69 Å². The fraction of sp³-hybridized carbons (Fsp3) is 0.923. The first-order valence-electron chi connectivity index (χ1n) is 6.32. The second-order valence-electron chi connectivity index (χ2n) is 4.99. The van der Waals surface area contributed by atoms with Gasteiger partial charge in [0, 0.05) is 12.5 Å². The lowest BCUT2D eigenvalue weighted by Gasteiger charge is -2.39. The summed E-state index contributed by atoms with van der Waals surface area (Å²) < 4.78 is 0. The van der Waals surface area contributed by atoms with Crippen LogP contribution in [0.4, 0.5) is 0 Å². The van der Waals surface area contributed by atoms with Gasteiger partial charge in [0.25, 0.3) is 0 Å². The van der Waals surface area contributed by atoms with Crippen molar-refractivity contribution >= 4 is 5.78 Å². The third-order valence-corrected chi connectivity index (χ3v) is 4.01. The van der Waals surface area contributed by atoms with Gasteiger partial charge in [0.05, 0.1) is 6.04 Å². The van der Waals surface area contributed by atoms with Crippen LogP contribution in [0.1, 0.15) is 52.9 Å². The molecule has 1 fully saturated rings. The van der Waals surface area contributed by atoms with Gasteiger partial charge >= 0.3 is 0 Å². The predicted octanol–water partition coefficient (Wildman–Crippen LogP) is 2.86. The van der Waals surface area contributed by atoms with E-state index in [0.717, 1.165) is 5.92 Å². The normalized spacial score (nSPS) is 29.1. The minimum Gasteiger partial charge on any atom is -0.298 e. The van der Waals surface area contributed by atoms with Crippen molar-refractivity contribution < 1.29 is 4.79 Å². The molecule has 1 rings (SSSR count). The molecule has 0 saturated heterocycles. The summed E-state index contributed by atoms with van der Waals surface area (Å²) in [7, 11) is 2.12. The van der Waals surface area contributed by atoms with Crippen molar-refractivity contribution in [2.45, 2.75) is 65.0 Å². The topological polar surface area (TPSA) is 20.3 Å². The monoisotopic (exact) mass is 211 g/mol. The quantitative estimate of drug-likeness (QED) is 0.712. The summed E-state index contributed by atoms with van der Waals surface area (Å²) in [6, 6.07) is 0.713. The number of hydrogen-bond acceptors (Lipinski definition) is 2. The number of likely N-dealkylation sites (N-methyl/N-ethyl adjacent to an activating group) is 1. The van der Waals surface area contributed by atoms with Crippen LogP contribution in [0.2, 0.25) is 0 Å². The van der Waals surface area contributed by atoms with Crippen molar-refractivity contribution in [1.29, 1.82) is 0 Å². The Bertz CT molecular complexity index is 215. The van der Waals surface area contributed by atoms with Gasteiger partial charge in [-0.15, -0.1) is 0 Å². The number of carbonyl (C=O) groups excluding carboxylic acids is 1. The zero-order valence-electron chi connectivity index (χ0n) is 10.6. The SMILES string of the molecule is CCC(=O)C(C)N(C)C1CCCCC1C. The van der Waals surface area contributed by atoms with E-state index in [9.17, 15) is 4.79 Å². The van der Waals surface area contributed by atoms with Crippen molar-refractivity contribution in [2.75, 3.05) is 7.05 Å². The largest absolute Gasteiger partial charge is 0.298 e. The summed E-state index contributed by atoms with van der Waals surface area (Å²) in [6.45, 7) is 6.33. The van der Waals surface area contributed by atoms with E-state index >= 15 is 0 Å². The summed E-state index contributed by atoms with van der Waals surface area (Å²) >= 11 is 0. The molecule has 0 bridgehead atoms. The maximum Gasteiger partial charge on any atom is 0.149 e. The molecule has 2 heteroatoms. The van der Waals surface area contributed by atoms with Crippen LogP contribution in [0.15, 0.2) is 0 Å². The molecule has 0 aromatic rings. The lowest BCUT2D eigenvalue weighted by atomic mass is 9.84. The van der Waals surface area contributed by atoms with E-state index in [1.807, 2.05) is 13.8 Å². The zero-order chi connectivity index (χ0) is 11.4. The van der Waals surface area contributed by atoms with Crippen molar-refractivity contribution in [3.63, 3.8) is 0 Å². The highest BCUT2D eigenvalue weighted by Gasteiger charge is 2.29. The summed E-state index contributed by atoms with van der Waals surface area (Å²) in [5.41, 5.74) is 0. The van der Waals surface area contributed by atoms with Crippen LogP contribution in [0, 0.1) is 5.92 Å². The predicted molar refractivity (Wildman–Crippen MR) is 63.9 cm³/mol. The van der Waals surface area contributed by atoms with Gasteiger partial charge < -0.3 is 0 Å². The van der Waals surface area contributed by atoms with E-state index < -0.39 is 0 Å². The van der Waals surface area contributed by atoms with Gasteiger partial charge in [0.15, 0.2) is 0 Å². The van der Waals surface area contributed by atoms with Gasteiger partial charge in [0.1, 0.15) is 5.78 Å². The zero-order valence-corrected chi connectivity index (χ0v) is 10.6. The summed E-state index contributed by atoms with van der Waals surface area (Å²) in [5.74, 6) is 1.12. The number of ketones is 1. The first-order chi connectivity index (χ1) is 7.07. The molecular weight excluding hydrogens is 186 g/mol. The molecule has 1 saturated carbocycles. The molecule has 0 aromatic carbocycles. The minimum atomic E-state index is 0.0977. The number of hydrogen-bond donors (Lipinski definition) is 0. The maximum atomic E-state index is 11.7. The molecule has 0 N–H and O–H groups in total. The number of nitrogens with zero attached hydrogens (tertiary/aromatic N) is 1. The number of Topliss-reactive ketones (excluding diaryl/α,β-unsaturated/α-hetero) is 1. The van der Waals surface area contributed by atoms with E-state index in [4.69, 9.17) is 0 Å². The van der Waals surface area contributed by atoms with Crippen LogP contribution < -0.4 is 0 Å². The molecule has 0 amide bonds. The Kier molecular flexibility index (Phi) is 4.78. The molecule has 2 nitrogen and oxygen atoms in total. The molecule has 88 valence electrons. The second-order valence-corrected chi connectivity index (χ2v) is 4.99. The molecular formula is C13H25NO. The van der Waals surface area contributed by atoms with Gasteiger partial charge in [0.2, 0.25) is 0 Å². The van der Waals surface area contributed by atoms with Crippen LogP contribution in [0.25, 0.3) is 0 Å². The van der Waals surface area contributed by atoms with E-state index in [0.29, 0.717) is 18.2 Å². The minimum absolute atomic E-state index is 0.0977. The van der Waals surface area contributed by atoms with E-state index in [2.05, 4.69) is 18.9 Å². The van der Waals surface area contributed by atoms with Crippen LogP contribution >= 0.6 is 0 Å². The lowest BCUT2D eigenvalue weighted by molar-refractivity contribution is -0.124. The Morgan fingerprint density at radius 3 is 2.53 bits per heavy atom. The van der Waals surface area contributed by atoms with Crippen molar-refractivity contribution in [1.82, 2.24) is 4.90 Å².